The first-order chi connectivity index (χ1) is 13.2. The average molecular weight is 375 g/mol. The van der Waals surface area contributed by atoms with Crippen molar-refractivity contribution in [3.8, 4) is 17.2 Å². The Bertz CT molecular complexity index is 1030. The Morgan fingerprint density at radius 1 is 0.778 bits per heavy atom. The van der Waals surface area contributed by atoms with E-state index in [2.05, 4.69) is 50.2 Å². The molecule has 0 saturated carbocycles. The van der Waals surface area contributed by atoms with Crippen LogP contribution in [0.4, 0.5) is 0 Å². The molecule has 0 amide bonds. The van der Waals surface area contributed by atoms with Crippen LogP contribution in [0.2, 0.25) is 0 Å². The van der Waals surface area contributed by atoms with Gasteiger partial charge in [0.15, 0.2) is 11.5 Å². The summed E-state index contributed by atoms with van der Waals surface area (Å²) in [6, 6.07) is 26.5. The van der Waals surface area contributed by atoms with Crippen molar-refractivity contribution in [1.82, 2.24) is 0 Å². The van der Waals surface area contributed by atoms with Gasteiger partial charge in [-0.2, -0.15) is 0 Å². The van der Waals surface area contributed by atoms with Crippen LogP contribution in [0.15, 0.2) is 78.9 Å². The predicted octanol–water partition coefficient (Wildman–Crippen LogP) is 7.40. The van der Waals surface area contributed by atoms with Crippen LogP contribution >= 0.6 is 11.3 Å². The minimum absolute atomic E-state index is 0.398. The molecule has 0 radical (unpaired) electrons. The summed E-state index contributed by atoms with van der Waals surface area (Å²) < 4.78 is 13.7. The highest BCUT2D eigenvalue weighted by Gasteiger charge is 2.18. The standard InChI is InChI=1S/C24H22O2S/c1-17(2)24-23(19-12-6-9-15-22(19)27-24)26-21-14-8-7-13-20(21)25-16-18-10-4-3-5-11-18/h3-15,17H,16H2,1-2H3. The Labute approximate surface area is 164 Å². The second-order valence-corrected chi connectivity index (χ2v) is 7.85. The van der Waals surface area contributed by atoms with Crippen LogP contribution in [0, 0.1) is 0 Å². The molecule has 0 saturated heterocycles. The van der Waals surface area contributed by atoms with E-state index in [4.69, 9.17) is 9.47 Å². The van der Waals surface area contributed by atoms with Crippen LogP contribution in [0.25, 0.3) is 10.1 Å². The van der Waals surface area contributed by atoms with Crippen LogP contribution < -0.4 is 9.47 Å². The van der Waals surface area contributed by atoms with Crippen molar-refractivity contribution in [2.24, 2.45) is 0 Å². The van der Waals surface area contributed by atoms with Crippen LogP contribution in [0.5, 0.6) is 17.2 Å². The Morgan fingerprint density at radius 3 is 2.22 bits per heavy atom. The van der Waals surface area contributed by atoms with Crippen molar-refractivity contribution in [3.05, 3.63) is 89.3 Å². The molecule has 0 atom stereocenters. The van der Waals surface area contributed by atoms with Gasteiger partial charge >= 0.3 is 0 Å². The first-order valence-corrected chi connectivity index (χ1v) is 9.99. The molecule has 0 N–H and O–H groups in total. The fraction of sp³-hybridized carbons (Fsp3) is 0.167. The maximum Gasteiger partial charge on any atom is 0.169 e. The van der Waals surface area contributed by atoms with Gasteiger partial charge in [0.25, 0.3) is 0 Å². The molecule has 3 aromatic carbocycles. The lowest BCUT2D eigenvalue weighted by Crippen LogP contribution is -1.98. The number of ether oxygens (including phenoxy) is 2. The van der Waals surface area contributed by atoms with Crippen molar-refractivity contribution >= 4 is 21.4 Å². The predicted molar refractivity (Wildman–Crippen MR) is 113 cm³/mol. The molecule has 0 fully saturated rings. The minimum atomic E-state index is 0.398. The van der Waals surface area contributed by atoms with Crippen LogP contribution in [0.3, 0.4) is 0 Å². The van der Waals surface area contributed by atoms with Crippen LogP contribution in [0.1, 0.15) is 30.2 Å². The van der Waals surface area contributed by atoms with E-state index in [-0.39, 0.29) is 0 Å². The molecule has 0 bridgehead atoms. The van der Waals surface area contributed by atoms with E-state index in [1.165, 1.54) is 9.58 Å². The monoisotopic (exact) mass is 374 g/mol. The first-order valence-electron chi connectivity index (χ1n) is 9.17. The molecule has 0 aliphatic carbocycles. The molecule has 0 aliphatic heterocycles. The molecule has 136 valence electrons. The van der Waals surface area contributed by atoms with Crippen LogP contribution in [-0.2, 0) is 6.61 Å². The average Bonchev–Trinajstić information content (AvgIpc) is 3.07. The van der Waals surface area contributed by atoms with Gasteiger partial charge in [-0.1, -0.05) is 68.4 Å². The molecule has 4 rings (SSSR count). The Morgan fingerprint density at radius 2 is 1.44 bits per heavy atom. The zero-order chi connectivity index (χ0) is 18.6. The summed E-state index contributed by atoms with van der Waals surface area (Å²) in [6.45, 7) is 4.92. The van der Waals surface area contributed by atoms with Gasteiger partial charge in [-0.3, -0.25) is 0 Å². The number of hydrogen-bond donors (Lipinski definition) is 0. The summed E-state index contributed by atoms with van der Waals surface area (Å²) in [5.74, 6) is 2.85. The lowest BCUT2D eigenvalue weighted by molar-refractivity contribution is 0.291. The fourth-order valence-electron chi connectivity index (χ4n) is 3.03. The van der Waals surface area contributed by atoms with E-state index in [0.717, 1.165) is 28.2 Å². The molecule has 0 spiro atoms. The van der Waals surface area contributed by atoms with E-state index < -0.39 is 0 Å². The van der Waals surface area contributed by atoms with Crippen LogP contribution in [-0.4, -0.2) is 0 Å². The molecule has 0 unspecified atom stereocenters. The largest absolute Gasteiger partial charge is 0.485 e. The molecule has 2 nitrogen and oxygen atoms in total. The number of hydrogen-bond acceptors (Lipinski definition) is 3. The van der Waals surface area contributed by atoms with Gasteiger partial charge in [0, 0.05) is 10.1 Å². The molecule has 0 aliphatic rings. The summed E-state index contributed by atoms with van der Waals surface area (Å²) >= 11 is 1.80. The highest BCUT2D eigenvalue weighted by Crippen LogP contribution is 2.45. The van der Waals surface area contributed by atoms with Crippen molar-refractivity contribution in [2.75, 3.05) is 0 Å². The molecule has 4 aromatic rings. The normalized spacial score (nSPS) is 11.1. The third kappa shape index (κ3) is 3.83. The molecule has 27 heavy (non-hydrogen) atoms. The van der Waals surface area contributed by atoms with E-state index in [0.29, 0.717) is 12.5 Å². The highest BCUT2D eigenvalue weighted by molar-refractivity contribution is 7.19. The van der Waals surface area contributed by atoms with Crippen molar-refractivity contribution in [2.45, 2.75) is 26.4 Å². The first kappa shape index (κ1) is 17.6. The Balaban J connectivity index is 1.66. The zero-order valence-corrected chi connectivity index (χ0v) is 16.3. The van der Waals surface area contributed by atoms with E-state index in [1.807, 2.05) is 42.5 Å². The minimum Gasteiger partial charge on any atom is -0.485 e. The summed E-state index contributed by atoms with van der Waals surface area (Å²) in [5, 5.41) is 1.16. The lowest BCUT2D eigenvalue weighted by Gasteiger charge is -2.14. The number of thiophene rings is 1. The Hall–Kier alpha value is -2.78. The van der Waals surface area contributed by atoms with Crippen molar-refractivity contribution < 1.29 is 9.47 Å². The molecule has 1 heterocycles. The van der Waals surface area contributed by atoms with Gasteiger partial charge in [0.1, 0.15) is 12.4 Å². The zero-order valence-electron chi connectivity index (χ0n) is 15.5. The van der Waals surface area contributed by atoms with E-state index in [9.17, 15) is 0 Å². The van der Waals surface area contributed by atoms with Gasteiger partial charge in [-0.15, -0.1) is 11.3 Å². The van der Waals surface area contributed by atoms with Gasteiger partial charge < -0.3 is 9.47 Å². The number of rotatable bonds is 6. The maximum atomic E-state index is 6.43. The number of benzene rings is 3. The molecular weight excluding hydrogens is 352 g/mol. The maximum absolute atomic E-state index is 6.43. The third-order valence-electron chi connectivity index (χ3n) is 4.40. The summed E-state index contributed by atoms with van der Waals surface area (Å²) in [6.07, 6.45) is 0. The summed E-state index contributed by atoms with van der Waals surface area (Å²) in [4.78, 5) is 1.26. The number of para-hydroxylation sites is 2. The van der Waals surface area contributed by atoms with E-state index in [1.54, 1.807) is 11.3 Å². The van der Waals surface area contributed by atoms with Gasteiger partial charge in [-0.25, -0.2) is 0 Å². The van der Waals surface area contributed by atoms with Gasteiger partial charge in [0.05, 0.1) is 4.88 Å². The van der Waals surface area contributed by atoms with Gasteiger partial charge in [0.2, 0.25) is 0 Å². The third-order valence-corrected chi connectivity index (χ3v) is 5.85. The fourth-order valence-corrected chi connectivity index (χ4v) is 4.16. The topological polar surface area (TPSA) is 18.5 Å². The molecule has 3 heteroatoms. The molecular formula is C24H22O2S. The summed E-state index contributed by atoms with van der Waals surface area (Å²) in [5.41, 5.74) is 1.14. The van der Waals surface area contributed by atoms with Crippen molar-refractivity contribution in [1.29, 1.82) is 0 Å². The lowest BCUT2D eigenvalue weighted by atomic mass is 10.1. The second kappa shape index (κ2) is 7.85. The highest BCUT2D eigenvalue weighted by atomic mass is 32.1. The van der Waals surface area contributed by atoms with Gasteiger partial charge in [-0.05, 0) is 35.7 Å². The quantitative estimate of drug-likeness (QED) is 0.350. The Kier molecular flexibility index (Phi) is 5.12. The summed E-state index contributed by atoms with van der Waals surface area (Å²) in [7, 11) is 0. The smallest absolute Gasteiger partial charge is 0.169 e. The second-order valence-electron chi connectivity index (χ2n) is 6.77. The SMILES string of the molecule is CC(C)c1sc2ccccc2c1Oc1ccccc1OCc1ccccc1. The molecule has 1 aromatic heterocycles. The van der Waals surface area contributed by atoms with Crippen molar-refractivity contribution in [3.63, 3.8) is 0 Å². The van der Waals surface area contributed by atoms with E-state index >= 15 is 0 Å². The number of fused-ring (bicyclic) bond motifs is 1.